The van der Waals surface area contributed by atoms with Crippen LogP contribution in [0.25, 0.3) is 0 Å². The molecule has 0 bridgehead atoms. The van der Waals surface area contributed by atoms with Crippen LogP contribution in [0.1, 0.15) is 6.42 Å². The molecule has 1 aliphatic rings. The summed E-state index contributed by atoms with van der Waals surface area (Å²) in [7, 11) is -2.76. The summed E-state index contributed by atoms with van der Waals surface area (Å²) in [5.74, 6) is -2.07. The van der Waals surface area contributed by atoms with E-state index in [1.807, 2.05) is 0 Å². The molecule has 0 radical (unpaired) electrons. The van der Waals surface area contributed by atoms with E-state index < -0.39 is 40.4 Å². The van der Waals surface area contributed by atoms with E-state index in [4.69, 9.17) is 4.74 Å². The number of hydrogen-bond donors (Lipinski definition) is 0. The summed E-state index contributed by atoms with van der Waals surface area (Å²) in [5, 5.41) is 0. The lowest BCUT2D eigenvalue weighted by Crippen LogP contribution is -2.35. The molecule has 1 aromatic rings. The molecule has 0 spiro atoms. The Balaban J connectivity index is 2.01. The Morgan fingerprint density at radius 2 is 2.05 bits per heavy atom. The fourth-order valence-corrected chi connectivity index (χ4v) is 2.95. The first kappa shape index (κ1) is 16.4. The van der Waals surface area contributed by atoms with Crippen molar-refractivity contribution in [3.8, 4) is 0 Å². The Labute approximate surface area is 126 Å². The Kier molecular flexibility index (Phi) is 4.77. The van der Waals surface area contributed by atoms with Crippen molar-refractivity contribution in [2.24, 2.45) is 0 Å². The standard InChI is InChI=1S/C13H14FNO6S/c1-15(8-12(16)21-11-6-7-20-13(11)17)22(18,19)10-4-2-9(14)3-5-10/h2-5,11H,6-8H2,1H3/t11-/m1/s1. The van der Waals surface area contributed by atoms with Crippen LogP contribution >= 0.6 is 0 Å². The molecule has 2 rings (SSSR count). The fraction of sp³-hybridized carbons (Fsp3) is 0.385. The van der Waals surface area contributed by atoms with E-state index in [0.717, 1.165) is 28.6 Å². The van der Waals surface area contributed by atoms with Gasteiger partial charge in [-0.25, -0.2) is 17.6 Å². The monoisotopic (exact) mass is 331 g/mol. The van der Waals surface area contributed by atoms with E-state index >= 15 is 0 Å². The molecule has 0 unspecified atom stereocenters. The molecule has 7 nitrogen and oxygen atoms in total. The number of hydrogen-bond acceptors (Lipinski definition) is 6. The smallest absolute Gasteiger partial charge is 0.347 e. The zero-order valence-electron chi connectivity index (χ0n) is 11.7. The van der Waals surface area contributed by atoms with E-state index in [-0.39, 0.29) is 17.9 Å². The molecule has 120 valence electrons. The minimum Gasteiger partial charge on any atom is -0.463 e. The predicted octanol–water partition coefficient (Wildman–Crippen LogP) is 0.305. The zero-order valence-corrected chi connectivity index (χ0v) is 12.5. The van der Waals surface area contributed by atoms with Crippen LogP contribution in [-0.4, -0.2) is 51.0 Å². The second kappa shape index (κ2) is 6.41. The van der Waals surface area contributed by atoms with E-state index in [1.165, 1.54) is 7.05 Å². The molecular formula is C13H14FNO6S. The third-order valence-corrected chi connectivity index (χ3v) is 4.85. The zero-order chi connectivity index (χ0) is 16.3. The van der Waals surface area contributed by atoms with Gasteiger partial charge in [-0.3, -0.25) is 4.79 Å². The van der Waals surface area contributed by atoms with Crippen LogP contribution in [0.4, 0.5) is 4.39 Å². The number of carbonyl (C=O) groups is 2. The third-order valence-electron chi connectivity index (χ3n) is 3.03. The van der Waals surface area contributed by atoms with Gasteiger partial charge < -0.3 is 9.47 Å². The second-order valence-electron chi connectivity index (χ2n) is 4.65. The molecule has 1 saturated heterocycles. The van der Waals surface area contributed by atoms with E-state index in [9.17, 15) is 22.4 Å². The highest BCUT2D eigenvalue weighted by atomic mass is 32.2. The first-order valence-electron chi connectivity index (χ1n) is 6.39. The highest BCUT2D eigenvalue weighted by molar-refractivity contribution is 7.89. The predicted molar refractivity (Wildman–Crippen MR) is 71.7 cm³/mol. The number of ether oxygens (including phenoxy) is 2. The average molecular weight is 331 g/mol. The van der Waals surface area contributed by atoms with Gasteiger partial charge in [-0.2, -0.15) is 4.31 Å². The van der Waals surface area contributed by atoms with Crippen molar-refractivity contribution in [1.29, 1.82) is 0 Å². The molecule has 0 aromatic heterocycles. The summed E-state index contributed by atoms with van der Waals surface area (Å²) in [6.07, 6.45) is -0.742. The molecule has 0 amide bonds. The van der Waals surface area contributed by atoms with Crippen LogP contribution in [-0.2, 0) is 29.1 Å². The highest BCUT2D eigenvalue weighted by Gasteiger charge is 2.31. The van der Waals surface area contributed by atoms with Gasteiger partial charge in [-0.15, -0.1) is 0 Å². The first-order valence-corrected chi connectivity index (χ1v) is 7.83. The van der Waals surface area contributed by atoms with E-state index in [1.54, 1.807) is 0 Å². The third kappa shape index (κ3) is 3.60. The topological polar surface area (TPSA) is 90.0 Å². The van der Waals surface area contributed by atoms with Crippen LogP contribution < -0.4 is 0 Å². The van der Waals surface area contributed by atoms with Gasteiger partial charge in [0.05, 0.1) is 11.5 Å². The van der Waals surface area contributed by atoms with Crippen molar-refractivity contribution < 1.29 is 31.9 Å². The Bertz CT molecular complexity index is 672. The van der Waals surface area contributed by atoms with Crippen LogP contribution in [0, 0.1) is 5.82 Å². The minimum absolute atomic E-state index is 0.149. The number of esters is 2. The van der Waals surface area contributed by atoms with Gasteiger partial charge in [0.25, 0.3) is 0 Å². The molecule has 1 aliphatic heterocycles. The summed E-state index contributed by atoms with van der Waals surface area (Å²) in [4.78, 5) is 22.7. The number of rotatable bonds is 5. The van der Waals surface area contributed by atoms with Gasteiger partial charge in [-0.05, 0) is 24.3 Å². The van der Waals surface area contributed by atoms with Crippen LogP contribution in [0.3, 0.4) is 0 Å². The lowest BCUT2D eigenvalue weighted by molar-refractivity contribution is -0.160. The maximum Gasteiger partial charge on any atom is 0.347 e. The summed E-state index contributed by atoms with van der Waals surface area (Å²) in [6.45, 7) is -0.399. The highest BCUT2D eigenvalue weighted by Crippen LogP contribution is 2.15. The van der Waals surface area contributed by atoms with Crippen LogP contribution in [0.5, 0.6) is 0 Å². The van der Waals surface area contributed by atoms with Crippen molar-refractivity contribution in [1.82, 2.24) is 4.31 Å². The largest absolute Gasteiger partial charge is 0.463 e. The molecule has 9 heteroatoms. The number of sulfonamides is 1. The molecule has 1 aromatic carbocycles. The maximum absolute atomic E-state index is 12.8. The molecule has 1 atom stereocenters. The summed E-state index contributed by atoms with van der Waals surface area (Å²) < 4.78 is 47.5. The molecule has 1 heterocycles. The lowest BCUT2D eigenvalue weighted by Gasteiger charge is -2.17. The molecular weight excluding hydrogens is 317 g/mol. The number of cyclic esters (lactones) is 1. The molecule has 1 fully saturated rings. The number of nitrogens with zero attached hydrogens (tertiary/aromatic N) is 1. The van der Waals surface area contributed by atoms with Crippen LogP contribution in [0.2, 0.25) is 0 Å². The van der Waals surface area contributed by atoms with Crippen LogP contribution in [0.15, 0.2) is 29.2 Å². The summed E-state index contributed by atoms with van der Waals surface area (Å²) in [6, 6.07) is 4.21. The second-order valence-corrected chi connectivity index (χ2v) is 6.69. The Hall–Kier alpha value is -2.00. The van der Waals surface area contributed by atoms with Gasteiger partial charge in [0.1, 0.15) is 12.4 Å². The van der Waals surface area contributed by atoms with Crippen molar-refractivity contribution in [2.75, 3.05) is 20.2 Å². The van der Waals surface area contributed by atoms with Gasteiger partial charge in [0.2, 0.25) is 16.1 Å². The molecule has 0 aliphatic carbocycles. The van der Waals surface area contributed by atoms with Gasteiger partial charge in [0, 0.05) is 13.5 Å². The van der Waals surface area contributed by atoms with Crippen molar-refractivity contribution in [3.05, 3.63) is 30.1 Å². The average Bonchev–Trinajstić information content (AvgIpc) is 2.84. The molecule has 0 N–H and O–H groups in total. The van der Waals surface area contributed by atoms with Gasteiger partial charge >= 0.3 is 11.9 Å². The number of likely N-dealkylation sites (N-methyl/N-ethyl adjacent to an activating group) is 1. The normalized spacial score (nSPS) is 18.3. The SMILES string of the molecule is CN(CC(=O)O[C@@H]1CCOC1=O)S(=O)(=O)c1ccc(F)cc1. The first-order chi connectivity index (χ1) is 10.3. The van der Waals surface area contributed by atoms with Crippen molar-refractivity contribution in [2.45, 2.75) is 17.4 Å². The summed E-state index contributed by atoms with van der Waals surface area (Å²) in [5.41, 5.74) is 0. The minimum atomic E-state index is -3.95. The number of carbonyl (C=O) groups excluding carboxylic acids is 2. The Morgan fingerprint density at radius 3 is 2.59 bits per heavy atom. The maximum atomic E-state index is 12.8. The number of benzene rings is 1. The Morgan fingerprint density at radius 1 is 1.41 bits per heavy atom. The quantitative estimate of drug-likeness (QED) is 0.721. The van der Waals surface area contributed by atoms with Gasteiger partial charge in [-0.1, -0.05) is 0 Å². The molecule has 0 saturated carbocycles. The van der Waals surface area contributed by atoms with E-state index in [0.29, 0.717) is 0 Å². The fourth-order valence-electron chi connectivity index (χ4n) is 1.83. The van der Waals surface area contributed by atoms with E-state index in [2.05, 4.69) is 4.74 Å². The van der Waals surface area contributed by atoms with Crippen molar-refractivity contribution in [3.63, 3.8) is 0 Å². The van der Waals surface area contributed by atoms with Crippen molar-refractivity contribution >= 4 is 22.0 Å². The van der Waals surface area contributed by atoms with Gasteiger partial charge in [0.15, 0.2) is 0 Å². The lowest BCUT2D eigenvalue weighted by atomic mass is 10.3. The molecule has 22 heavy (non-hydrogen) atoms. The summed E-state index contributed by atoms with van der Waals surface area (Å²) >= 11 is 0. The number of halogens is 1.